The van der Waals surface area contributed by atoms with Crippen LogP contribution in [0.3, 0.4) is 0 Å². The third kappa shape index (κ3) is 3.63. The fourth-order valence-electron chi connectivity index (χ4n) is 3.57. The van der Waals surface area contributed by atoms with Crippen LogP contribution >= 0.6 is 0 Å². The van der Waals surface area contributed by atoms with Crippen LogP contribution in [-0.4, -0.2) is 4.57 Å². The Morgan fingerprint density at radius 3 is 2.38 bits per heavy atom. The van der Waals surface area contributed by atoms with E-state index in [2.05, 4.69) is 13.8 Å². The Morgan fingerprint density at radius 2 is 1.69 bits per heavy atom. The van der Waals surface area contributed by atoms with Gasteiger partial charge in [-0.25, -0.2) is 8.78 Å². The number of ether oxygens (including phenoxy) is 1. The molecule has 0 aliphatic heterocycles. The minimum Gasteiger partial charge on any atom is -0.486 e. The summed E-state index contributed by atoms with van der Waals surface area (Å²) in [7, 11) is 0. The molecule has 0 amide bonds. The Morgan fingerprint density at radius 1 is 0.931 bits per heavy atom. The standard InChI is InChI=1S/C25H23F2NO/c1-16(2)23-14-20-22(28(23)19-9-10-21(26)17(3)13-19)11-12-24(25(20)27)29-15-18-7-5-4-6-8-18/h4-14,16H,15H2,1-3H3. The van der Waals surface area contributed by atoms with Gasteiger partial charge in [0.15, 0.2) is 11.6 Å². The normalized spacial score (nSPS) is 11.4. The zero-order chi connectivity index (χ0) is 20.5. The Kier molecular flexibility index (Phi) is 5.10. The van der Waals surface area contributed by atoms with Crippen LogP contribution in [0.25, 0.3) is 16.6 Å². The summed E-state index contributed by atoms with van der Waals surface area (Å²) in [6, 6.07) is 20.0. The number of fused-ring (bicyclic) bond motifs is 1. The third-order valence-corrected chi connectivity index (χ3v) is 5.14. The van der Waals surface area contributed by atoms with Gasteiger partial charge >= 0.3 is 0 Å². The van der Waals surface area contributed by atoms with Gasteiger partial charge in [-0.2, -0.15) is 0 Å². The number of rotatable bonds is 5. The highest BCUT2D eigenvalue weighted by molar-refractivity contribution is 5.85. The van der Waals surface area contributed by atoms with Crippen molar-refractivity contribution in [3.05, 3.63) is 95.2 Å². The van der Waals surface area contributed by atoms with Gasteiger partial charge in [0.25, 0.3) is 0 Å². The van der Waals surface area contributed by atoms with E-state index in [1.54, 1.807) is 25.1 Å². The molecule has 4 heteroatoms. The van der Waals surface area contributed by atoms with Gasteiger partial charge in [-0.05, 0) is 60.4 Å². The topological polar surface area (TPSA) is 14.2 Å². The van der Waals surface area contributed by atoms with Crippen molar-refractivity contribution in [1.82, 2.24) is 4.57 Å². The Balaban J connectivity index is 1.79. The fraction of sp³-hybridized carbons (Fsp3) is 0.200. The molecule has 29 heavy (non-hydrogen) atoms. The highest BCUT2D eigenvalue weighted by atomic mass is 19.1. The predicted molar refractivity (Wildman–Crippen MR) is 113 cm³/mol. The summed E-state index contributed by atoms with van der Waals surface area (Å²) < 4.78 is 36.8. The van der Waals surface area contributed by atoms with Crippen LogP contribution < -0.4 is 4.74 Å². The molecule has 0 radical (unpaired) electrons. The molecule has 0 saturated heterocycles. The highest BCUT2D eigenvalue weighted by Crippen LogP contribution is 2.34. The number of hydrogen-bond donors (Lipinski definition) is 0. The summed E-state index contributed by atoms with van der Waals surface area (Å²) in [5, 5.41) is 0.501. The average molecular weight is 391 g/mol. The van der Waals surface area contributed by atoms with E-state index in [0.29, 0.717) is 17.6 Å². The van der Waals surface area contributed by atoms with Gasteiger partial charge in [-0.1, -0.05) is 44.2 Å². The molecule has 1 aromatic heterocycles. The van der Waals surface area contributed by atoms with E-state index in [0.717, 1.165) is 22.5 Å². The smallest absolute Gasteiger partial charge is 0.174 e. The van der Waals surface area contributed by atoms with E-state index in [-0.39, 0.29) is 23.3 Å². The number of halogens is 2. The molecule has 0 saturated carbocycles. The molecule has 0 aliphatic rings. The van der Waals surface area contributed by atoms with E-state index in [1.807, 2.05) is 47.0 Å². The average Bonchev–Trinajstić information content (AvgIpc) is 3.11. The number of nitrogens with zero attached hydrogens (tertiary/aromatic N) is 1. The monoisotopic (exact) mass is 391 g/mol. The summed E-state index contributed by atoms with van der Waals surface area (Å²) in [5.74, 6) is -0.234. The predicted octanol–water partition coefficient (Wildman–Crippen LogP) is 6.92. The van der Waals surface area contributed by atoms with Crippen LogP contribution in [-0.2, 0) is 6.61 Å². The molecule has 0 bridgehead atoms. The van der Waals surface area contributed by atoms with Gasteiger partial charge in [0.2, 0.25) is 0 Å². The first kappa shape index (κ1) is 19.2. The molecule has 0 aliphatic carbocycles. The Bertz CT molecular complexity index is 1160. The minimum absolute atomic E-state index is 0.167. The van der Waals surface area contributed by atoms with E-state index in [9.17, 15) is 4.39 Å². The molecule has 0 fully saturated rings. The van der Waals surface area contributed by atoms with Crippen LogP contribution in [0.15, 0.2) is 66.7 Å². The van der Waals surface area contributed by atoms with Crippen LogP contribution in [0, 0.1) is 18.6 Å². The zero-order valence-corrected chi connectivity index (χ0v) is 16.7. The van der Waals surface area contributed by atoms with Crippen molar-refractivity contribution in [2.45, 2.75) is 33.3 Å². The molecular formula is C25H23F2NO. The first-order chi connectivity index (χ1) is 14.0. The summed E-state index contributed by atoms with van der Waals surface area (Å²) in [4.78, 5) is 0. The molecule has 148 valence electrons. The van der Waals surface area contributed by atoms with Gasteiger partial charge in [0, 0.05) is 16.8 Å². The lowest BCUT2D eigenvalue weighted by molar-refractivity contribution is 0.291. The van der Waals surface area contributed by atoms with Gasteiger partial charge in [0.1, 0.15) is 12.4 Å². The number of aryl methyl sites for hydroxylation is 1. The molecule has 0 unspecified atom stereocenters. The molecule has 4 aromatic rings. The lowest BCUT2D eigenvalue weighted by atomic mass is 10.1. The largest absolute Gasteiger partial charge is 0.486 e. The highest BCUT2D eigenvalue weighted by Gasteiger charge is 2.19. The first-order valence-electron chi connectivity index (χ1n) is 9.73. The van der Waals surface area contributed by atoms with Crippen LogP contribution in [0.4, 0.5) is 8.78 Å². The fourth-order valence-corrected chi connectivity index (χ4v) is 3.57. The van der Waals surface area contributed by atoms with E-state index in [1.165, 1.54) is 6.07 Å². The summed E-state index contributed by atoms with van der Waals surface area (Å²) in [6.45, 7) is 6.16. The quantitative estimate of drug-likeness (QED) is 0.360. The van der Waals surface area contributed by atoms with Gasteiger partial charge in [-0.3, -0.25) is 0 Å². The zero-order valence-electron chi connectivity index (χ0n) is 16.7. The summed E-state index contributed by atoms with van der Waals surface area (Å²) >= 11 is 0. The second-order valence-corrected chi connectivity index (χ2v) is 7.58. The van der Waals surface area contributed by atoms with Crippen LogP contribution in [0.2, 0.25) is 0 Å². The second kappa shape index (κ2) is 7.70. The molecule has 4 rings (SSSR count). The molecule has 2 nitrogen and oxygen atoms in total. The summed E-state index contributed by atoms with van der Waals surface area (Å²) in [6.07, 6.45) is 0. The maximum absolute atomic E-state index is 15.3. The third-order valence-electron chi connectivity index (χ3n) is 5.14. The lowest BCUT2D eigenvalue weighted by Gasteiger charge is -2.14. The van der Waals surface area contributed by atoms with Gasteiger partial charge in [-0.15, -0.1) is 0 Å². The van der Waals surface area contributed by atoms with Crippen molar-refractivity contribution in [1.29, 1.82) is 0 Å². The van der Waals surface area contributed by atoms with Gasteiger partial charge < -0.3 is 9.30 Å². The second-order valence-electron chi connectivity index (χ2n) is 7.58. The Labute approximate surface area is 169 Å². The van der Waals surface area contributed by atoms with Crippen molar-refractivity contribution < 1.29 is 13.5 Å². The van der Waals surface area contributed by atoms with Crippen molar-refractivity contribution >= 4 is 10.9 Å². The lowest BCUT2D eigenvalue weighted by Crippen LogP contribution is -2.03. The maximum Gasteiger partial charge on any atom is 0.174 e. The molecule has 1 heterocycles. The SMILES string of the molecule is Cc1cc(-n2c(C(C)C)cc3c(F)c(OCc4ccccc4)ccc32)ccc1F. The van der Waals surface area contributed by atoms with E-state index >= 15 is 4.39 Å². The maximum atomic E-state index is 15.3. The van der Waals surface area contributed by atoms with Crippen LogP contribution in [0.5, 0.6) is 5.75 Å². The van der Waals surface area contributed by atoms with Crippen molar-refractivity contribution in [3.8, 4) is 11.4 Å². The molecule has 0 N–H and O–H groups in total. The van der Waals surface area contributed by atoms with E-state index in [4.69, 9.17) is 4.74 Å². The van der Waals surface area contributed by atoms with Crippen molar-refractivity contribution in [2.24, 2.45) is 0 Å². The summed E-state index contributed by atoms with van der Waals surface area (Å²) in [5.41, 5.74) is 4.06. The number of hydrogen-bond acceptors (Lipinski definition) is 1. The van der Waals surface area contributed by atoms with Crippen LogP contribution in [0.1, 0.15) is 36.6 Å². The molecule has 0 atom stereocenters. The number of benzene rings is 3. The molecule has 3 aromatic carbocycles. The number of aromatic nitrogens is 1. The minimum atomic E-state index is -0.377. The first-order valence-corrected chi connectivity index (χ1v) is 9.73. The molecular weight excluding hydrogens is 368 g/mol. The molecule has 0 spiro atoms. The van der Waals surface area contributed by atoms with Crippen molar-refractivity contribution in [3.63, 3.8) is 0 Å². The Hall–Kier alpha value is -3.14. The van der Waals surface area contributed by atoms with Gasteiger partial charge in [0.05, 0.1) is 5.52 Å². The van der Waals surface area contributed by atoms with Crippen molar-refractivity contribution in [2.75, 3.05) is 0 Å². The van der Waals surface area contributed by atoms with E-state index < -0.39 is 0 Å².